The fourth-order valence-electron chi connectivity index (χ4n) is 4.96. The van der Waals surface area contributed by atoms with Crippen LogP contribution in [0.15, 0.2) is 53.7 Å². The van der Waals surface area contributed by atoms with Gasteiger partial charge in [-0.3, -0.25) is 4.79 Å². The van der Waals surface area contributed by atoms with Crippen LogP contribution in [0.25, 0.3) is 0 Å². The van der Waals surface area contributed by atoms with Gasteiger partial charge in [0.1, 0.15) is 11.6 Å². The molecule has 0 spiro atoms. The lowest BCUT2D eigenvalue weighted by atomic mass is 10.1. The van der Waals surface area contributed by atoms with Gasteiger partial charge in [0.15, 0.2) is 5.16 Å². The maximum absolute atomic E-state index is 14.3. The number of anilines is 2. The number of thioether (sulfide) groups is 1. The van der Waals surface area contributed by atoms with Gasteiger partial charge in [-0.15, -0.1) is 0 Å². The molecule has 0 unspecified atom stereocenters. The zero-order valence-electron chi connectivity index (χ0n) is 22.4. The van der Waals surface area contributed by atoms with E-state index in [4.69, 9.17) is 9.97 Å². The molecule has 0 atom stereocenters. The minimum absolute atomic E-state index is 0.101. The quantitative estimate of drug-likeness (QED) is 0.346. The minimum Gasteiger partial charge on any atom is -0.366 e. The summed E-state index contributed by atoms with van der Waals surface area (Å²) in [6, 6.07) is 14.9. The standard InChI is InChI=1S/C29H35FN6OS/c1-21-22(2)31-29(32-27(21)35-17-15-34(16-18-35)26-10-5-4-9-25(26)30)38-20-23-7-6-8-24(19-23)28(37)36-13-11-33(3)12-14-36/h4-10,19H,11-18,20H2,1-3H3. The van der Waals surface area contributed by atoms with E-state index in [1.165, 1.54) is 6.07 Å². The van der Waals surface area contributed by atoms with E-state index in [0.717, 1.165) is 85.7 Å². The Morgan fingerprint density at radius 2 is 1.61 bits per heavy atom. The summed E-state index contributed by atoms with van der Waals surface area (Å²) in [6.45, 7) is 10.5. The van der Waals surface area contributed by atoms with Crippen molar-refractivity contribution in [3.8, 4) is 0 Å². The predicted molar refractivity (Wildman–Crippen MR) is 152 cm³/mol. The molecule has 2 fully saturated rings. The first kappa shape index (κ1) is 26.4. The number of hydrogen-bond donors (Lipinski definition) is 0. The number of nitrogens with zero attached hydrogens (tertiary/aromatic N) is 6. The maximum Gasteiger partial charge on any atom is 0.253 e. The van der Waals surface area contributed by atoms with Crippen LogP contribution in [-0.2, 0) is 5.75 Å². The first-order chi connectivity index (χ1) is 18.4. The summed E-state index contributed by atoms with van der Waals surface area (Å²) >= 11 is 1.59. The number of aromatic nitrogens is 2. The summed E-state index contributed by atoms with van der Waals surface area (Å²) in [7, 11) is 2.09. The summed E-state index contributed by atoms with van der Waals surface area (Å²) in [5, 5.41) is 0.732. The second kappa shape index (κ2) is 11.7. The van der Waals surface area contributed by atoms with Crippen LogP contribution in [0.2, 0.25) is 0 Å². The zero-order chi connectivity index (χ0) is 26.6. The fourth-order valence-corrected chi connectivity index (χ4v) is 5.79. The lowest BCUT2D eigenvalue weighted by Crippen LogP contribution is -2.47. The van der Waals surface area contributed by atoms with Gasteiger partial charge in [0.05, 0.1) is 5.69 Å². The molecule has 2 saturated heterocycles. The van der Waals surface area contributed by atoms with Gasteiger partial charge in [0.25, 0.3) is 5.91 Å². The van der Waals surface area contributed by atoms with Gasteiger partial charge in [-0.05, 0) is 50.7 Å². The molecule has 1 amide bonds. The van der Waals surface area contributed by atoms with Crippen molar-refractivity contribution in [1.82, 2.24) is 19.8 Å². The summed E-state index contributed by atoms with van der Waals surface area (Å²) in [5.41, 5.74) is 4.52. The van der Waals surface area contributed by atoms with Crippen LogP contribution in [0, 0.1) is 19.7 Å². The molecule has 1 aromatic heterocycles. The number of rotatable bonds is 6. The maximum atomic E-state index is 14.3. The highest BCUT2D eigenvalue weighted by Gasteiger charge is 2.23. The van der Waals surface area contributed by atoms with Crippen molar-refractivity contribution in [3.05, 3.63) is 76.7 Å². The molecule has 5 rings (SSSR count). The van der Waals surface area contributed by atoms with E-state index < -0.39 is 0 Å². The van der Waals surface area contributed by atoms with Crippen LogP contribution < -0.4 is 9.80 Å². The van der Waals surface area contributed by atoms with Crippen LogP contribution >= 0.6 is 11.8 Å². The summed E-state index contributed by atoms with van der Waals surface area (Å²) in [6.07, 6.45) is 0. The highest BCUT2D eigenvalue weighted by molar-refractivity contribution is 7.98. The molecule has 2 aromatic carbocycles. The number of halogens is 1. The smallest absolute Gasteiger partial charge is 0.253 e. The van der Waals surface area contributed by atoms with Gasteiger partial charge in [-0.2, -0.15) is 0 Å². The monoisotopic (exact) mass is 534 g/mol. The number of carbonyl (C=O) groups is 1. The van der Waals surface area contributed by atoms with Gasteiger partial charge in [0, 0.05) is 74.9 Å². The van der Waals surface area contributed by atoms with E-state index >= 15 is 0 Å². The Balaban J connectivity index is 1.24. The van der Waals surface area contributed by atoms with Crippen molar-refractivity contribution in [2.75, 3.05) is 69.2 Å². The largest absolute Gasteiger partial charge is 0.366 e. The van der Waals surface area contributed by atoms with Crippen LogP contribution in [-0.4, -0.2) is 85.1 Å². The molecule has 0 aliphatic carbocycles. The van der Waals surface area contributed by atoms with E-state index in [0.29, 0.717) is 11.4 Å². The van der Waals surface area contributed by atoms with Crippen molar-refractivity contribution in [3.63, 3.8) is 0 Å². The van der Waals surface area contributed by atoms with Crippen molar-refractivity contribution < 1.29 is 9.18 Å². The Labute approximate surface area is 228 Å². The Hall–Kier alpha value is -3.17. The summed E-state index contributed by atoms with van der Waals surface area (Å²) in [4.78, 5) is 31.3. The van der Waals surface area contributed by atoms with Gasteiger partial charge in [0.2, 0.25) is 0 Å². The van der Waals surface area contributed by atoms with Crippen molar-refractivity contribution in [2.24, 2.45) is 0 Å². The third-order valence-electron chi connectivity index (χ3n) is 7.45. The number of aryl methyl sites for hydroxylation is 1. The Bertz CT molecular complexity index is 1290. The lowest BCUT2D eigenvalue weighted by Gasteiger charge is -2.37. The molecule has 200 valence electrons. The van der Waals surface area contributed by atoms with Crippen molar-refractivity contribution >= 4 is 29.2 Å². The van der Waals surface area contributed by atoms with Crippen molar-refractivity contribution in [2.45, 2.75) is 24.8 Å². The van der Waals surface area contributed by atoms with E-state index in [1.807, 2.05) is 42.2 Å². The molecule has 2 aliphatic heterocycles. The molecule has 0 saturated carbocycles. The molecule has 3 aromatic rings. The van der Waals surface area contributed by atoms with Crippen LogP contribution in [0.4, 0.5) is 15.9 Å². The summed E-state index contributed by atoms with van der Waals surface area (Å²) < 4.78 is 14.3. The first-order valence-corrected chi connectivity index (χ1v) is 14.2. The number of carbonyl (C=O) groups excluding carboxylic acids is 1. The summed E-state index contributed by atoms with van der Waals surface area (Å²) in [5.74, 6) is 1.56. The molecule has 0 bridgehead atoms. The SMILES string of the molecule is Cc1nc(SCc2cccc(C(=O)N3CCN(C)CC3)c2)nc(N2CCN(c3ccccc3F)CC2)c1C. The molecule has 9 heteroatoms. The number of hydrogen-bond acceptors (Lipinski definition) is 7. The van der Waals surface area contributed by atoms with Crippen LogP contribution in [0.5, 0.6) is 0 Å². The molecule has 0 N–H and O–H groups in total. The average Bonchev–Trinajstić information content (AvgIpc) is 2.94. The molecule has 3 heterocycles. The lowest BCUT2D eigenvalue weighted by molar-refractivity contribution is 0.0664. The number of para-hydroxylation sites is 1. The number of likely N-dealkylation sites (N-methyl/N-ethyl adjacent to an activating group) is 1. The Kier molecular flexibility index (Phi) is 8.14. The highest BCUT2D eigenvalue weighted by atomic mass is 32.2. The van der Waals surface area contributed by atoms with Gasteiger partial charge in [-0.1, -0.05) is 36.0 Å². The molecule has 38 heavy (non-hydrogen) atoms. The van der Waals surface area contributed by atoms with E-state index in [-0.39, 0.29) is 11.7 Å². The zero-order valence-corrected chi connectivity index (χ0v) is 23.2. The van der Waals surface area contributed by atoms with E-state index in [2.05, 4.69) is 34.7 Å². The third kappa shape index (κ3) is 5.94. The van der Waals surface area contributed by atoms with Gasteiger partial charge < -0.3 is 19.6 Å². The van der Waals surface area contributed by atoms with Gasteiger partial charge in [-0.25, -0.2) is 14.4 Å². The Morgan fingerprint density at radius 3 is 2.34 bits per heavy atom. The minimum atomic E-state index is -0.178. The second-order valence-corrected chi connectivity index (χ2v) is 11.0. The Morgan fingerprint density at radius 1 is 0.895 bits per heavy atom. The first-order valence-electron chi connectivity index (χ1n) is 13.2. The van der Waals surface area contributed by atoms with E-state index in [9.17, 15) is 9.18 Å². The number of amides is 1. The average molecular weight is 535 g/mol. The topological polar surface area (TPSA) is 55.8 Å². The molecule has 2 aliphatic rings. The molecular weight excluding hydrogens is 499 g/mol. The normalized spacial score (nSPS) is 16.7. The third-order valence-corrected chi connectivity index (χ3v) is 8.37. The van der Waals surface area contributed by atoms with E-state index in [1.54, 1.807) is 17.8 Å². The van der Waals surface area contributed by atoms with Gasteiger partial charge >= 0.3 is 0 Å². The number of benzene rings is 2. The molecular formula is C29H35FN6OS. The van der Waals surface area contributed by atoms with Crippen molar-refractivity contribution in [1.29, 1.82) is 0 Å². The second-order valence-electron chi connectivity index (χ2n) is 10.1. The fraction of sp³-hybridized carbons (Fsp3) is 0.414. The number of piperazine rings is 2. The molecule has 0 radical (unpaired) electrons. The predicted octanol–water partition coefficient (Wildman–Crippen LogP) is 4.24. The van der Waals surface area contributed by atoms with Crippen LogP contribution in [0.3, 0.4) is 0 Å². The highest BCUT2D eigenvalue weighted by Crippen LogP contribution is 2.28. The molecule has 7 nitrogen and oxygen atoms in total. The van der Waals surface area contributed by atoms with Crippen LogP contribution in [0.1, 0.15) is 27.2 Å².